The molecule has 1 heterocycles. The monoisotopic (exact) mass is 188 g/mol. The molecule has 4 nitrogen and oxygen atoms in total. The van der Waals surface area contributed by atoms with Gasteiger partial charge < -0.3 is 19.7 Å². The maximum absolute atomic E-state index is 9.38. The molecule has 0 aromatic heterocycles. The van der Waals surface area contributed by atoms with Gasteiger partial charge in [-0.25, -0.2) is 0 Å². The van der Waals surface area contributed by atoms with E-state index in [4.69, 9.17) is 9.47 Å². The SMILES string of the molecule is C=CCO[C@@H]1C[C@H](O)[C@H](O)[C@H](C)O1. The maximum atomic E-state index is 9.38. The van der Waals surface area contributed by atoms with Crippen molar-refractivity contribution in [2.24, 2.45) is 0 Å². The molecule has 0 aromatic carbocycles. The van der Waals surface area contributed by atoms with Gasteiger partial charge in [0.1, 0.15) is 6.10 Å². The van der Waals surface area contributed by atoms with Gasteiger partial charge in [-0.2, -0.15) is 0 Å². The van der Waals surface area contributed by atoms with Crippen molar-refractivity contribution >= 4 is 0 Å². The van der Waals surface area contributed by atoms with Crippen molar-refractivity contribution in [3.05, 3.63) is 12.7 Å². The first-order valence-electron chi connectivity index (χ1n) is 4.39. The molecule has 13 heavy (non-hydrogen) atoms. The van der Waals surface area contributed by atoms with Crippen LogP contribution in [0.15, 0.2) is 12.7 Å². The van der Waals surface area contributed by atoms with Gasteiger partial charge in [0.2, 0.25) is 0 Å². The number of hydrogen-bond acceptors (Lipinski definition) is 4. The molecular weight excluding hydrogens is 172 g/mol. The van der Waals surface area contributed by atoms with Gasteiger partial charge in [0.05, 0.1) is 18.8 Å². The number of ether oxygens (including phenoxy) is 2. The molecule has 1 aliphatic heterocycles. The summed E-state index contributed by atoms with van der Waals surface area (Å²) in [7, 11) is 0. The van der Waals surface area contributed by atoms with Crippen LogP contribution in [0.4, 0.5) is 0 Å². The quantitative estimate of drug-likeness (QED) is 0.614. The van der Waals surface area contributed by atoms with Crippen LogP contribution in [0, 0.1) is 0 Å². The molecule has 2 N–H and O–H groups in total. The van der Waals surface area contributed by atoms with E-state index in [0.29, 0.717) is 13.0 Å². The highest BCUT2D eigenvalue weighted by Gasteiger charge is 2.34. The third-order valence-electron chi connectivity index (χ3n) is 2.08. The molecular formula is C9H16O4. The van der Waals surface area contributed by atoms with Crippen LogP contribution in [-0.2, 0) is 9.47 Å². The second kappa shape index (κ2) is 4.72. The Morgan fingerprint density at radius 2 is 2.31 bits per heavy atom. The van der Waals surface area contributed by atoms with Gasteiger partial charge in [0.25, 0.3) is 0 Å². The first-order chi connectivity index (χ1) is 6.15. The van der Waals surface area contributed by atoms with E-state index in [2.05, 4.69) is 6.58 Å². The predicted molar refractivity (Wildman–Crippen MR) is 47.1 cm³/mol. The molecule has 0 spiro atoms. The Kier molecular flexibility index (Phi) is 3.87. The summed E-state index contributed by atoms with van der Waals surface area (Å²) in [6.45, 7) is 5.60. The molecule has 0 amide bonds. The van der Waals surface area contributed by atoms with Crippen molar-refractivity contribution in [2.75, 3.05) is 6.61 Å². The molecule has 0 aromatic rings. The molecule has 1 saturated heterocycles. The molecule has 4 atom stereocenters. The van der Waals surface area contributed by atoms with Gasteiger partial charge in [0, 0.05) is 6.42 Å². The molecule has 1 fully saturated rings. The molecule has 0 bridgehead atoms. The maximum Gasteiger partial charge on any atom is 0.161 e. The zero-order chi connectivity index (χ0) is 9.84. The Bertz CT molecular complexity index is 159. The fraction of sp³-hybridized carbons (Fsp3) is 0.778. The fourth-order valence-corrected chi connectivity index (χ4v) is 1.31. The highest BCUT2D eigenvalue weighted by Crippen LogP contribution is 2.20. The molecule has 1 rings (SSSR count). The largest absolute Gasteiger partial charge is 0.390 e. The van der Waals surface area contributed by atoms with Crippen molar-refractivity contribution in [1.82, 2.24) is 0 Å². The minimum absolute atomic E-state index is 0.305. The molecule has 0 aliphatic carbocycles. The molecule has 0 unspecified atom stereocenters. The van der Waals surface area contributed by atoms with Crippen molar-refractivity contribution < 1.29 is 19.7 Å². The lowest BCUT2D eigenvalue weighted by molar-refractivity contribution is -0.242. The summed E-state index contributed by atoms with van der Waals surface area (Å²) in [5.41, 5.74) is 0. The lowest BCUT2D eigenvalue weighted by atomic mass is 10.0. The van der Waals surface area contributed by atoms with E-state index in [1.54, 1.807) is 13.0 Å². The molecule has 0 saturated carbocycles. The third-order valence-corrected chi connectivity index (χ3v) is 2.08. The number of hydrogen-bond donors (Lipinski definition) is 2. The lowest BCUT2D eigenvalue weighted by Gasteiger charge is -2.34. The van der Waals surface area contributed by atoms with Crippen LogP contribution >= 0.6 is 0 Å². The number of aliphatic hydroxyl groups is 2. The summed E-state index contributed by atoms with van der Waals surface area (Å²) in [5.74, 6) is 0. The van der Waals surface area contributed by atoms with E-state index < -0.39 is 24.6 Å². The van der Waals surface area contributed by atoms with Crippen molar-refractivity contribution in [3.8, 4) is 0 Å². The fourth-order valence-electron chi connectivity index (χ4n) is 1.31. The second-order valence-electron chi connectivity index (χ2n) is 3.19. The Hall–Kier alpha value is -0.420. The minimum atomic E-state index is -0.816. The zero-order valence-electron chi connectivity index (χ0n) is 7.72. The Balaban J connectivity index is 2.39. The normalized spacial score (nSPS) is 40.2. The van der Waals surface area contributed by atoms with Crippen LogP contribution in [0.25, 0.3) is 0 Å². The predicted octanol–water partition coefficient (Wildman–Crippen LogP) is 0.0457. The Labute approximate surface area is 77.8 Å². The summed E-state index contributed by atoms with van der Waals surface area (Å²) in [6, 6.07) is 0. The molecule has 76 valence electrons. The zero-order valence-corrected chi connectivity index (χ0v) is 7.72. The summed E-state index contributed by atoms with van der Waals surface area (Å²) >= 11 is 0. The highest BCUT2D eigenvalue weighted by molar-refractivity contribution is 4.80. The molecule has 0 radical (unpaired) electrons. The van der Waals surface area contributed by atoms with E-state index in [9.17, 15) is 10.2 Å². The van der Waals surface area contributed by atoms with Gasteiger partial charge in [0.15, 0.2) is 6.29 Å². The van der Waals surface area contributed by atoms with Crippen molar-refractivity contribution in [2.45, 2.75) is 37.9 Å². The van der Waals surface area contributed by atoms with Crippen molar-refractivity contribution in [1.29, 1.82) is 0 Å². The van der Waals surface area contributed by atoms with Gasteiger partial charge in [-0.3, -0.25) is 0 Å². The van der Waals surface area contributed by atoms with Crippen LogP contribution < -0.4 is 0 Å². The van der Waals surface area contributed by atoms with Crippen LogP contribution in [0.3, 0.4) is 0 Å². The topological polar surface area (TPSA) is 58.9 Å². The number of aliphatic hydroxyl groups excluding tert-OH is 2. The average Bonchev–Trinajstić information content (AvgIpc) is 2.10. The smallest absolute Gasteiger partial charge is 0.161 e. The molecule has 4 heteroatoms. The van der Waals surface area contributed by atoms with Gasteiger partial charge in [-0.1, -0.05) is 6.08 Å². The lowest BCUT2D eigenvalue weighted by Crippen LogP contribution is -2.47. The van der Waals surface area contributed by atoms with Gasteiger partial charge >= 0.3 is 0 Å². The van der Waals surface area contributed by atoms with E-state index >= 15 is 0 Å². The summed E-state index contributed by atoms with van der Waals surface area (Å²) < 4.78 is 10.5. The standard InChI is InChI=1S/C9H16O4/c1-3-4-12-8-5-7(10)9(11)6(2)13-8/h3,6-11H,1,4-5H2,2H3/t6-,7-,8-,9+/m0/s1. The minimum Gasteiger partial charge on any atom is -0.390 e. The van der Waals surface area contributed by atoms with E-state index in [0.717, 1.165) is 0 Å². The van der Waals surface area contributed by atoms with E-state index in [-0.39, 0.29) is 0 Å². The summed E-state index contributed by atoms with van der Waals surface area (Å²) in [6.07, 6.45) is -0.489. The molecule has 1 aliphatic rings. The van der Waals surface area contributed by atoms with Gasteiger partial charge in [-0.15, -0.1) is 6.58 Å². The van der Waals surface area contributed by atoms with Crippen LogP contribution in [0.1, 0.15) is 13.3 Å². The van der Waals surface area contributed by atoms with Crippen LogP contribution in [-0.4, -0.2) is 41.4 Å². The van der Waals surface area contributed by atoms with E-state index in [1.165, 1.54) is 0 Å². The first kappa shape index (κ1) is 10.7. The van der Waals surface area contributed by atoms with Crippen LogP contribution in [0.2, 0.25) is 0 Å². The first-order valence-corrected chi connectivity index (χ1v) is 4.39. The highest BCUT2D eigenvalue weighted by atomic mass is 16.7. The Morgan fingerprint density at radius 1 is 1.62 bits per heavy atom. The van der Waals surface area contributed by atoms with E-state index in [1.807, 2.05) is 0 Å². The second-order valence-corrected chi connectivity index (χ2v) is 3.19. The van der Waals surface area contributed by atoms with Crippen LogP contribution in [0.5, 0.6) is 0 Å². The number of rotatable bonds is 3. The summed E-state index contributed by atoms with van der Waals surface area (Å²) in [5, 5.41) is 18.7. The van der Waals surface area contributed by atoms with Gasteiger partial charge in [-0.05, 0) is 6.92 Å². The summed E-state index contributed by atoms with van der Waals surface area (Å²) in [4.78, 5) is 0. The Morgan fingerprint density at radius 3 is 2.85 bits per heavy atom. The van der Waals surface area contributed by atoms with Crippen molar-refractivity contribution in [3.63, 3.8) is 0 Å². The average molecular weight is 188 g/mol. The third kappa shape index (κ3) is 2.77.